The molecule has 0 aromatic rings. The molecule has 0 radical (unpaired) electrons. The highest BCUT2D eigenvalue weighted by Gasteiger charge is 2.36. The van der Waals surface area contributed by atoms with E-state index in [0.717, 1.165) is 26.2 Å². The Labute approximate surface area is 72.1 Å². The van der Waals surface area contributed by atoms with Gasteiger partial charge in [-0.1, -0.05) is 6.92 Å². The number of nitrogens with zero attached hydrogens (tertiary/aromatic N) is 2. The average Bonchev–Trinajstić information content (AvgIpc) is 2.47. The van der Waals surface area contributed by atoms with E-state index in [2.05, 4.69) is 11.8 Å². The van der Waals surface area contributed by atoms with E-state index < -0.39 is 0 Å². The molecule has 0 bridgehead atoms. The minimum atomic E-state index is -0.129. The van der Waals surface area contributed by atoms with E-state index in [1.165, 1.54) is 0 Å². The number of ether oxygens (including phenoxy) is 1. The van der Waals surface area contributed by atoms with Crippen molar-refractivity contribution >= 4 is 6.09 Å². The molecule has 68 valence electrons. The van der Waals surface area contributed by atoms with Gasteiger partial charge in [0.2, 0.25) is 0 Å². The van der Waals surface area contributed by atoms with Crippen LogP contribution in [0, 0.1) is 0 Å². The number of likely N-dealkylation sites (N-methyl/N-ethyl adjacent to an activating group) is 1. The summed E-state index contributed by atoms with van der Waals surface area (Å²) in [4.78, 5) is 15.3. The van der Waals surface area contributed by atoms with E-state index in [4.69, 9.17) is 4.74 Å². The van der Waals surface area contributed by atoms with Gasteiger partial charge in [0.1, 0.15) is 6.61 Å². The van der Waals surface area contributed by atoms with Gasteiger partial charge >= 0.3 is 6.09 Å². The van der Waals surface area contributed by atoms with Gasteiger partial charge in [-0.2, -0.15) is 0 Å². The molecule has 4 heteroatoms. The molecular weight excluding hydrogens is 156 g/mol. The second kappa shape index (κ2) is 2.94. The second-order valence-electron chi connectivity index (χ2n) is 3.32. The SMILES string of the molecule is CCN1CCN2C(=O)OC[C@@H]2C1. The molecule has 1 amide bonds. The van der Waals surface area contributed by atoms with Crippen LogP contribution in [0.2, 0.25) is 0 Å². The van der Waals surface area contributed by atoms with E-state index in [1.54, 1.807) is 0 Å². The van der Waals surface area contributed by atoms with Crippen molar-refractivity contribution in [1.29, 1.82) is 0 Å². The zero-order valence-electron chi connectivity index (χ0n) is 7.32. The number of fused-ring (bicyclic) bond motifs is 1. The van der Waals surface area contributed by atoms with Crippen molar-refractivity contribution in [2.75, 3.05) is 32.8 Å². The first-order valence-electron chi connectivity index (χ1n) is 4.47. The molecule has 0 saturated carbocycles. The van der Waals surface area contributed by atoms with Crippen LogP contribution in [0.15, 0.2) is 0 Å². The molecule has 2 aliphatic rings. The molecule has 2 fully saturated rings. The molecule has 0 aromatic heterocycles. The topological polar surface area (TPSA) is 32.8 Å². The largest absolute Gasteiger partial charge is 0.447 e. The molecule has 1 atom stereocenters. The van der Waals surface area contributed by atoms with Crippen LogP contribution in [0.1, 0.15) is 6.92 Å². The number of carbonyl (C=O) groups excluding carboxylic acids is 1. The van der Waals surface area contributed by atoms with Crippen LogP contribution in [0.25, 0.3) is 0 Å². The maximum Gasteiger partial charge on any atom is 0.410 e. The summed E-state index contributed by atoms with van der Waals surface area (Å²) in [5.74, 6) is 0. The summed E-state index contributed by atoms with van der Waals surface area (Å²) in [5.41, 5.74) is 0. The first kappa shape index (κ1) is 7.86. The molecule has 2 heterocycles. The van der Waals surface area contributed by atoms with Gasteiger partial charge in [-0.15, -0.1) is 0 Å². The molecule has 2 saturated heterocycles. The molecular formula is C8H14N2O2. The Balaban J connectivity index is 1.99. The van der Waals surface area contributed by atoms with Crippen molar-refractivity contribution in [3.8, 4) is 0 Å². The standard InChI is InChI=1S/C8H14N2O2/c1-2-9-3-4-10-7(5-9)6-12-8(10)11/h7H,2-6H2,1H3/t7-/m0/s1. The summed E-state index contributed by atoms with van der Waals surface area (Å²) in [6.07, 6.45) is -0.129. The third-order valence-corrected chi connectivity index (χ3v) is 2.65. The van der Waals surface area contributed by atoms with E-state index >= 15 is 0 Å². The highest BCUT2D eigenvalue weighted by Crippen LogP contribution is 2.16. The van der Waals surface area contributed by atoms with Gasteiger partial charge in [-0.25, -0.2) is 4.79 Å². The summed E-state index contributed by atoms with van der Waals surface area (Å²) < 4.78 is 4.95. The Kier molecular flexibility index (Phi) is 1.92. The lowest BCUT2D eigenvalue weighted by Crippen LogP contribution is -2.51. The maximum absolute atomic E-state index is 11.1. The molecule has 0 aromatic carbocycles. The van der Waals surface area contributed by atoms with Gasteiger partial charge in [-0.05, 0) is 6.54 Å². The van der Waals surface area contributed by atoms with Crippen LogP contribution in [0.3, 0.4) is 0 Å². The Hall–Kier alpha value is -0.770. The first-order valence-corrected chi connectivity index (χ1v) is 4.47. The van der Waals surface area contributed by atoms with Crippen molar-refractivity contribution < 1.29 is 9.53 Å². The van der Waals surface area contributed by atoms with Gasteiger partial charge in [0, 0.05) is 19.6 Å². The molecule has 0 spiro atoms. The highest BCUT2D eigenvalue weighted by molar-refractivity contribution is 5.70. The molecule has 0 unspecified atom stereocenters. The number of piperazine rings is 1. The third-order valence-electron chi connectivity index (χ3n) is 2.65. The molecule has 12 heavy (non-hydrogen) atoms. The van der Waals surface area contributed by atoms with Crippen molar-refractivity contribution in [2.24, 2.45) is 0 Å². The van der Waals surface area contributed by atoms with Gasteiger partial charge < -0.3 is 4.74 Å². The first-order chi connectivity index (χ1) is 5.81. The lowest BCUT2D eigenvalue weighted by molar-refractivity contribution is 0.123. The Bertz CT molecular complexity index is 195. The van der Waals surface area contributed by atoms with E-state index in [1.807, 2.05) is 4.90 Å². The minimum absolute atomic E-state index is 0.129. The normalized spacial score (nSPS) is 30.2. The fourth-order valence-electron chi connectivity index (χ4n) is 1.84. The molecule has 2 rings (SSSR count). The van der Waals surface area contributed by atoms with E-state index in [9.17, 15) is 4.79 Å². The van der Waals surface area contributed by atoms with Crippen molar-refractivity contribution in [3.63, 3.8) is 0 Å². The third kappa shape index (κ3) is 1.16. The Morgan fingerprint density at radius 1 is 1.58 bits per heavy atom. The quantitative estimate of drug-likeness (QED) is 0.561. The average molecular weight is 170 g/mol. The zero-order valence-corrected chi connectivity index (χ0v) is 7.32. The van der Waals surface area contributed by atoms with Crippen LogP contribution in [0.4, 0.5) is 4.79 Å². The second-order valence-corrected chi connectivity index (χ2v) is 3.32. The summed E-state index contributed by atoms with van der Waals surface area (Å²) in [6.45, 7) is 6.59. The number of hydrogen-bond acceptors (Lipinski definition) is 3. The Morgan fingerprint density at radius 2 is 2.42 bits per heavy atom. The van der Waals surface area contributed by atoms with Gasteiger partial charge in [0.15, 0.2) is 0 Å². The lowest BCUT2D eigenvalue weighted by Gasteiger charge is -2.34. The van der Waals surface area contributed by atoms with E-state index in [0.29, 0.717) is 12.6 Å². The van der Waals surface area contributed by atoms with Crippen LogP contribution in [-0.4, -0.2) is 54.7 Å². The van der Waals surface area contributed by atoms with Crippen LogP contribution >= 0.6 is 0 Å². The number of amides is 1. The molecule has 0 N–H and O–H groups in total. The summed E-state index contributed by atoms with van der Waals surface area (Å²) >= 11 is 0. The summed E-state index contributed by atoms with van der Waals surface area (Å²) in [7, 11) is 0. The zero-order chi connectivity index (χ0) is 8.55. The monoisotopic (exact) mass is 170 g/mol. The van der Waals surface area contributed by atoms with Gasteiger partial charge in [0.25, 0.3) is 0 Å². The smallest absolute Gasteiger partial charge is 0.410 e. The van der Waals surface area contributed by atoms with E-state index in [-0.39, 0.29) is 6.09 Å². The lowest BCUT2D eigenvalue weighted by atomic mass is 10.2. The Morgan fingerprint density at radius 3 is 3.17 bits per heavy atom. The van der Waals surface area contributed by atoms with Crippen LogP contribution < -0.4 is 0 Å². The van der Waals surface area contributed by atoms with Crippen molar-refractivity contribution in [1.82, 2.24) is 9.80 Å². The summed E-state index contributed by atoms with van der Waals surface area (Å²) in [6, 6.07) is 0.311. The molecule has 0 aliphatic carbocycles. The van der Waals surface area contributed by atoms with Gasteiger partial charge in [0.05, 0.1) is 6.04 Å². The van der Waals surface area contributed by atoms with Crippen LogP contribution in [0.5, 0.6) is 0 Å². The predicted octanol–water partition coefficient (Wildman–Crippen LogP) is 0.143. The number of carbonyl (C=O) groups is 1. The fourth-order valence-corrected chi connectivity index (χ4v) is 1.84. The van der Waals surface area contributed by atoms with Crippen molar-refractivity contribution in [2.45, 2.75) is 13.0 Å². The number of hydrogen-bond donors (Lipinski definition) is 0. The fraction of sp³-hybridized carbons (Fsp3) is 0.875. The van der Waals surface area contributed by atoms with Gasteiger partial charge in [-0.3, -0.25) is 9.80 Å². The molecule has 4 nitrogen and oxygen atoms in total. The predicted molar refractivity (Wildman–Crippen MR) is 44.0 cm³/mol. The number of cyclic esters (lactones) is 1. The maximum atomic E-state index is 11.1. The molecule has 2 aliphatic heterocycles. The summed E-state index contributed by atoms with van der Waals surface area (Å²) in [5, 5.41) is 0. The minimum Gasteiger partial charge on any atom is -0.447 e. The number of rotatable bonds is 1. The highest BCUT2D eigenvalue weighted by atomic mass is 16.6. The van der Waals surface area contributed by atoms with Crippen molar-refractivity contribution in [3.05, 3.63) is 0 Å². The van der Waals surface area contributed by atoms with Crippen LogP contribution in [-0.2, 0) is 4.74 Å².